The number of nitrogens with one attached hydrogen (secondary N) is 1. The molecule has 10 nitrogen and oxygen atoms in total. The Morgan fingerprint density at radius 2 is 2.15 bits per heavy atom. The highest BCUT2D eigenvalue weighted by atomic mass is 16.7. The standard InChI is InChI=1S/C10H15N3O7/c11-5(1-2-7(15)16)10(19)13-6(4-14)9(18)12-3-8(17)20-13/h5-6,14H,1-4,11H2,(H,12,18)(H,15,16)/t5-,6-/m0/s1. The summed E-state index contributed by atoms with van der Waals surface area (Å²) in [6, 6.07) is -2.68. The number of hydroxylamine groups is 2. The summed E-state index contributed by atoms with van der Waals surface area (Å²) in [6.45, 7) is -1.21. The number of hydrogen-bond acceptors (Lipinski definition) is 7. The number of carboxylic acid groups (broad SMARTS) is 1. The van der Waals surface area contributed by atoms with Gasteiger partial charge in [-0.3, -0.25) is 14.4 Å². The largest absolute Gasteiger partial charge is 0.481 e. The van der Waals surface area contributed by atoms with Gasteiger partial charge in [-0.25, -0.2) is 4.79 Å². The minimum absolute atomic E-state index is 0.192. The molecular formula is C10H15N3O7. The van der Waals surface area contributed by atoms with Gasteiger partial charge >= 0.3 is 11.9 Å². The highest BCUT2D eigenvalue weighted by Crippen LogP contribution is 2.09. The zero-order chi connectivity index (χ0) is 15.3. The van der Waals surface area contributed by atoms with E-state index in [-0.39, 0.29) is 12.8 Å². The maximum Gasteiger partial charge on any atom is 0.351 e. The van der Waals surface area contributed by atoms with Gasteiger partial charge in [-0.05, 0) is 6.42 Å². The maximum atomic E-state index is 12.0. The van der Waals surface area contributed by atoms with Gasteiger partial charge in [-0.1, -0.05) is 0 Å². The van der Waals surface area contributed by atoms with Crippen LogP contribution < -0.4 is 11.1 Å². The first kappa shape index (κ1) is 15.9. The summed E-state index contributed by atoms with van der Waals surface area (Å²) in [7, 11) is 0. The molecule has 0 aromatic carbocycles. The summed E-state index contributed by atoms with van der Waals surface area (Å²) in [5.74, 6) is -3.75. The Kier molecular flexibility index (Phi) is 5.41. The van der Waals surface area contributed by atoms with Crippen LogP contribution in [0.1, 0.15) is 12.8 Å². The number of hydrogen-bond donors (Lipinski definition) is 4. The molecule has 0 aromatic heterocycles. The van der Waals surface area contributed by atoms with E-state index in [9.17, 15) is 19.2 Å². The van der Waals surface area contributed by atoms with E-state index in [4.69, 9.17) is 15.9 Å². The second-order valence-corrected chi connectivity index (χ2v) is 4.08. The quantitative estimate of drug-likeness (QED) is 0.415. The molecule has 0 aliphatic carbocycles. The van der Waals surface area contributed by atoms with Crippen molar-refractivity contribution in [3.63, 3.8) is 0 Å². The van der Waals surface area contributed by atoms with E-state index in [1.807, 2.05) is 0 Å². The Bertz CT molecular complexity index is 425. The number of amides is 2. The zero-order valence-corrected chi connectivity index (χ0v) is 10.4. The molecule has 10 heteroatoms. The summed E-state index contributed by atoms with van der Waals surface area (Å²) >= 11 is 0. The Morgan fingerprint density at radius 3 is 2.70 bits per heavy atom. The van der Waals surface area contributed by atoms with Gasteiger partial charge < -0.3 is 26.1 Å². The van der Waals surface area contributed by atoms with Crippen molar-refractivity contribution in [3.05, 3.63) is 0 Å². The lowest BCUT2D eigenvalue weighted by Gasteiger charge is -2.26. The predicted octanol–water partition coefficient (Wildman–Crippen LogP) is -3.04. The average molecular weight is 289 g/mol. The van der Waals surface area contributed by atoms with E-state index in [0.717, 1.165) is 0 Å². The monoisotopic (exact) mass is 289 g/mol. The molecule has 0 radical (unpaired) electrons. The van der Waals surface area contributed by atoms with Gasteiger partial charge in [0.25, 0.3) is 5.91 Å². The van der Waals surface area contributed by atoms with Crippen LogP contribution >= 0.6 is 0 Å². The van der Waals surface area contributed by atoms with E-state index < -0.39 is 49.0 Å². The van der Waals surface area contributed by atoms with Crippen molar-refractivity contribution in [2.45, 2.75) is 24.9 Å². The van der Waals surface area contributed by atoms with Crippen LogP contribution in [0.2, 0.25) is 0 Å². The first-order valence-corrected chi connectivity index (χ1v) is 5.76. The summed E-state index contributed by atoms with van der Waals surface area (Å²) in [6.07, 6.45) is -0.549. The SMILES string of the molecule is N[C@@H](CCC(=O)O)C(=O)N1OC(=O)CNC(=O)[C@@H]1CO. The zero-order valence-electron chi connectivity index (χ0n) is 10.4. The highest BCUT2D eigenvalue weighted by molar-refractivity contribution is 5.93. The second-order valence-electron chi connectivity index (χ2n) is 4.08. The van der Waals surface area contributed by atoms with Gasteiger partial charge in [-0.2, -0.15) is 5.06 Å². The van der Waals surface area contributed by atoms with Crippen LogP contribution in [-0.4, -0.2) is 64.3 Å². The highest BCUT2D eigenvalue weighted by Gasteiger charge is 2.38. The van der Waals surface area contributed by atoms with Crippen molar-refractivity contribution in [1.82, 2.24) is 10.4 Å². The third-order valence-corrected chi connectivity index (χ3v) is 2.57. The second kappa shape index (κ2) is 6.82. The number of carbonyl (C=O) groups is 4. The molecule has 20 heavy (non-hydrogen) atoms. The first-order chi connectivity index (χ1) is 9.36. The first-order valence-electron chi connectivity index (χ1n) is 5.76. The number of aliphatic hydroxyl groups excluding tert-OH is 1. The normalized spacial score (nSPS) is 20.7. The number of nitrogens with two attached hydrogens (primary N) is 1. The van der Waals surface area contributed by atoms with E-state index in [1.54, 1.807) is 0 Å². The van der Waals surface area contributed by atoms with Gasteiger partial charge in [0, 0.05) is 6.42 Å². The predicted molar refractivity (Wildman–Crippen MR) is 61.7 cm³/mol. The van der Waals surface area contributed by atoms with Crippen molar-refractivity contribution in [3.8, 4) is 0 Å². The third kappa shape index (κ3) is 3.90. The molecule has 0 unspecified atom stereocenters. The number of carboxylic acids is 1. The molecule has 0 aromatic rings. The van der Waals surface area contributed by atoms with Gasteiger partial charge in [0.05, 0.1) is 12.6 Å². The fourth-order valence-electron chi connectivity index (χ4n) is 1.51. The van der Waals surface area contributed by atoms with Crippen LogP contribution in [0.5, 0.6) is 0 Å². The van der Waals surface area contributed by atoms with Crippen molar-refractivity contribution in [1.29, 1.82) is 0 Å². The van der Waals surface area contributed by atoms with Crippen LogP contribution in [0.4, 0.5) is 0 Å². The maximum absolute atomic E-state index is 12.0. The van der Waals surface area contributed by atoms with Crippen LogP contribution in [0.25, 0.3) is 0 Å². The molecule has 0 bridgehead atoms. The Balaban J connectivity index is 2.82. The summed E-state index contributed by atoms with van der Waals surface area (Å²) in [5.41, 5.74) is 5.50. The molecule has 0 saturated carbocycles. The summed E-state index contributed by atoms with van der Waals surface area (Å²) in [5, 5.41) is 20.2. The van der Waals surface area contributed by atoms with Crippen LogP contribution in [0.15, 0.2) is 0 Å². The van der Waals surface area contributed by atoms with Crippen LogP contribution in [0, 0.1) is 0 Å². The van der Waals surface area contributed by atoms with Gasteiger partial charge in [0.15, 0.2) is 6.04 Å². The molecule has 112 valence electrons. The lowest BCUT2D eigenvalue weighted by molar-refractivity contribution is -0.206. The summed E-state index contributed by atoms with van der Waals surface area (Å²) < 4.78 is 0. The summed E-state index contributed by atoms with van der Waals surface area (Å²) in [4.78, 5) is 49.8. The van der Waals surface area contributed by atoms with Gasteiger partial charge in [-0.15, -0.1) is 0 Å². The van der Waals surface area contributed by atoms with E-state index in [2.05, 4.69) is 10.2 Å². The van der Waals surface area contributed by atoms with E-state index >= 15 is 0 Å². The van der Waals surface area contributed by atoms with E-state index in [1.165, 1.54) is 0 Å². The topological polar surface area (TPSA) is 159 Å². The minimum Gasteiger partial charge on any atom is -0.481 e. The molecular weight excluding hydrogens is 274 g/mol. The number of nitrogens with zero attached hydrogens (tertiary/aromatic N) is 1. The molecule has 1 heterocycles. The molecule has 1 aliphatic rings. The molecule has 5 N–H and O–H groups in total. The Hall–Kier alpha value is -2.20. The molecule has 1 saturated heterocycles. The fourth-order valence-corrected chi connectivity index (χ4v) is 1.51. The van der Waals surface area contributed by atoms with Crippen molar-refractivity contribution < 1.29 is 34.2 Å². The van der Waals surface area contributed by atoms with Gasteiger partial charge in [0.2, 0.25) is 5.91 Å². The van der Waals surface area contributed by atoms with Crippen molar-refractivity contribution in [2.75, 3.05) is 13.2 Å². The lowest BCUT2D eigenvalue weighted by atomic mass is 10.1. The Labute approximate surface area is 113 Å². The number of aliphatic carboxylic acids is 1. The van der Waals surface area contributed by atoms with Crippen LogP contribution in [0.3, 0.4) is 0 Å². The van der Waals surface area contributed by atoms with Crippen molar-refractivity contribution >= 4 is 23.8 Å². The lowest BCUT2D eigenvalue weighted by Crippen LogP contribution is -2.53. The third-order valence-electron chi connectivity index (χ3n) is 2.57. The minimum atomic E-state index is -1.41. The molecule has 0 spiro atoms. The smallest absolute Gasteiger partial charge is 0.351 e. The van der Waals surface area contributed by atoms with Crippen LogP contribution in [-0.2, 0) is 24.0 Å². The van der Waals surface area contributed by atoms with E-state index in [0.29, 0.717) is 5.06 Å². The number of rotatable bonds is 5. The van der Waals surface area contributed by atoms with Crippen molar-refractivity contribution in [2.24, 2.45) is 5.73 Å². The molecule has 1 rings (SSSR count). The number of carbonyl (C=O) groups excluding carboxylic acids is 3. The number of aliphatic hydroxyl groups is 1. The average Bonchev–Trinajstić information content (AvgIpc) is 2.54. The fraction of sp³-hybridized carbons (Fsp3) is 0.600. The molecule has 1 aliphatic heterocycles. The molecule has 1 fully saturated rings. The Morgan fingerprint density at radius 1 is 1.50 bits per heavy atom. The molecule has 2 atom stereocenters. The molecule has 2 amide bonds. The van der Waals surface area contributed by atoms with Gasteiger partial charge in [0.1, 0.15) is 6.54 Å².